The van der Waals surface area contributed by atoms with Gasteiger partial charge in [0.25, 0.3) is 0 Å². The van der Waals surface area contributed by atoms with E-state index in [2.05, 4.69) is 16.7 Å². The van der Waals surface area contributed by atoms with Crippen molar-refractivity contribution in [2.24, 2.45) is 0 Å². The number of likely N-dealkylation sites (N-methyl/N-ethyl adjacent to an activating group) is 2. The highest BCUT2D eigenvalue weighted by Gasteiger charge is 2.30. The van der Waals surface area contributed by atoms with E-state index < -0.39 is 6.09 Å². The van der Waals surface area contributed by atoms with Crippen LogP contribution in [0.15, 0.2) is 48.3 Å². The third-order valence-electron chi connectivity index (χ3n) is 4.40. The number of halogens is 1. The van der Waals surface area contributed by atoms with Crippen LogP contribution in [-0.4, -0.2) is 61.8 Å². The van der Waals surface area contributed by atoms with Crippen molar-refractivity contribution in [1.29, 1.82) is 0 Å². The van der Waals surface area contributed by atoms with E-state index in [1.165, 1.54) is 24.1 Å². The van der Waals surface area contributed by atoms with E-state index in [4.69, 9.17) is 4.74 Å². The molecule has 2 rings (SSSR count). The van der Waals surface area contributed by atoms with Crippen LogP contribution in [0.1, 0.15) is 18.4 Å². The van der Waals surface area contributed by atoms with Gasteiger partial charge in [0.15, 0.2) is 0 Å². The van der Waals surface area contributed by atoms with Crippen LogP contribution in [0.5, 0.6) is 0 Å². The Morgan fingerprint density at radius 1 is 1.28 bits per heavy atom. The number of ether oxygens (including phenoxy) is 1. The summed E-state index contributed by atoms with van der Waals surface area (Å²) in [5, 5.41) is 0. The molecule has 1 aliphatic heterocycles. The molecule has 0 saturated carbocycles. The van der Waals surface area contributed by atoms with Gasteiger partial charge in [-0.2, -0.15) is 0 Å². The highest BCUT2D eigenvalue weighted by atomic mass is 19.1. The lowest BCUT2D eigenvalue weighted by atomic mass is 9.87. The quantitative estimate of drug-likeness (QED) is 0.766. The third-order valence-corrected chi connectivity index (χ3v) is 4.40. The predicted octanol–water partition coefficient (Wildman–Crippen LogP) is 3.23. The van der Waals surface area contributed by atoms with Crippen LogP contribution in [0, 0.1) is 5.82 Å². The lowest BCUT2D eigenvalue weighted by molar-refractivity contribution is 0.130. The Morgan fingerprint density at radius 3 is 2.44 bits per heavy atom. The fourth-order valence-electron chi connectivity index (χ4n) is 3.11. The number of amides is 1. The highest BCUT2D eigenvalue weighted by Crippen LogP contribution is 2.34. The SMILES string of the molecule is CCN(C)C(C1=CN(C(=O)OC)C=CC1c1ccc(F)cc1)N(C)C. The summed E-state index contributed by atoms with van der Waals surface area (Å²) < 4.78 is 18.2. The number of methoxy groups -OCH3 is 1. The van der Waals surface area contributed by atoms with Gasteiger partial charge in [0.2, 0.25) is 0 Å². The number of carbonyl (C=O) groups is 1. The molecule has 1 aromatic carbocycles. The number of allylic oxidation sites excluding steroid dienone is 1. The average molecular weight is 347 g/mol. The summed E-state index contributed by atoms with van der Waals surface area (Å²) in [6, 6.07) is 6.48. The van der Waals surface area contributed by atoms with E-state index in [-0.39, 0.29) is 17.9 Å². The van der Waals surface area contributed by atoms with Gasteiger partial charge in [-0.3, -0.25) is 14.7 Å². The molecule has 0 bridgehead atoms. The van der Waals surface area contributed by atoms with Gasteiger partial charge >= 0.3 is 6.09 Å². The molecule has 0 spiro atoms. The number of carbonyl (C=O) groups excluding carboxylic acids is 1. The molecule has 5 nitrogen and oxygen atoms in total. The minimum absolute atomic E-state index is 0.0165. The van der Waals surface area contributed by atoms with Gasteiger partial charge in [0, 0.05) is 18.3 Å². The van der Waals surface area contributed by atoms with Crippen molar-refractivity contribution in [3.8, 4) is 0 Å². The van der Waals surface area contributed by atoms with Gasteiger partial charge in [-0.25, -0.2) is 9.18 Å². The van der Waals surface area contributed by atoms with Crippen LogP contribution in [0.4, 0.5) is 9.18 Å². The number of hydrogen-bond acceptors (Lipinski definition) is 4. The summed E-state index contributed by atoms with van der Waals surface area (Å²) in [6.45, 7) is 2.93. The van der Waals surface area contributed by atoms with Crippen molar-refractivity contribution in [3.05, 3.63) is 59.7 Å². The van der Waals surface area contributed by atoms with Crippen molar-refractivity contribution in [3.63, 3.8) is 0 Å². The predicted molar refractivity (Wildman–Crippen MR) is 96.4 cm³/mol. The van der Waals surface area contributed by atoms with Crippen LogP contribution in [0.25, 0.3) is 0 Å². The van der Waals surface area contributed by atoms with Gasteiger partial charge in [-0.1, -0.05) is 25.1 Å². The first-order valence-electron chi connectivity index (χ1n) is 8.27. The average Bonchev–Trinajstić information content (AvgIpc) is 2.61. The van der Waals surface area contributed by atoms with Crippen molar-refractivity contribution in [2.45, 2.75) is 19.0 Å². The maximum Gasteiger partial charge on any atom is 0.417 e. The van der Waals surface area contributed by atoms with Gasteiger partial charge in [-0.05, 0) is 51.0 Å². The Kier molecular flexibility index (Phi) is 6.33. The maximum absolute atomic E-state index is 13.3. The molecule has 0 aliphatic carbocycles. The molecule has 0 radical (unpaired) electrons. The van der Waals surface area contributed by atoms with E-state index in [1.54, 1.807) is 18.3 Å². The Hall–Kier alpha value is -2.18. The summed E-state index contributed by atoms with van der Waals surface area (Å²) in [5.74, 6) is -0.317. The normalized spacial score (nSPS) is 18.5. The Labute approximate surface area is 149 Å². The molecule has 0 aromatic heterocycles. The first kappa shape index (κ1) is 19.1. The first-order valence-corrected chi connectivity index (χ1v) is 8.27. The van der Waals surface area contributed by atoms with E-state index >= 15 is 0 Å². The van der Waals surface area contributed by atoms with Gasteiger partial charge in [0.1, 0.15) is 5.82 Å². The Bertz CT molecular complexity index is 655. The zero-order valence-electron chi connectivity index (χ0n) is 15.4. The summed E-state index contributed by atoms with van der Waals surface area (Å²) in [7, 11) is 7.39. The molecule has 25 heavy (non-hydrogen) atoms. The van der Waals surface area contributed by atoms with E-state index in [9.17, 15) is 9.18 Å². The van der Waals surface area contributed by atoms with Crippen molar-refractivity contribution >= 4 is 6.09 Å². The smallest absolute Gasteiger partial charge is 0.417 e. The number of nitrogens with zero attached hydrogens (tertiary/aromatic N) is 3. The molecule has 0 fully saturated rings. The number of benzene rings is 1. The second kappa shape index (κ2) is 8.27. The minimum atomic E-state index is -0.442. The zero-order valence-corrected chi connectivity index (χ0v) is 15.4. The van der Waals surface area contributed by atoms with Crippen LogP contribution in [0.2, 0.25) is 0 Å². The highest BCUT2D eigenvalue weighted by molar-refractivity contribution is 5.71. The van der Waals surface area contributed by atoms with Crippen LogP contribution < -0.4 is 0 Å². The molecule has 2 unspecified atom stereocenters. The van der Waals surface area contributed by atoms with Crippen LogP contribution in [-0.2, 0) is 4.74 Å². The standard InChI is InChI=1S/C19H26FN3O2/c1-6-22(4)18(21(2)3)17-13-23(19(24)25-5)12-11-16(17)14-7-9-15(20)10-8-14/h7-13,16,18H,6H2,1-5H3. The van der Waals surface area contributed by atoms with Gasteiger partial charge in [0.05, 0.1) is 13.3 Å². The first-order chi connectivity index (χ1) is 11.9. The summed E-state index contributed by atoms with van der Waals surface area (Å²) in [4.78, 5) is 17.7. The molecule has 1 amide bonds. The Balaban J connectivity index is 2.48. The molecule has 1 heterocycles. The second-order valence-electron chi connectivity index (χ2n) is 6.29. The van der Waals surface area contributed by atoms with Crippen molar-refractivity contribution in [1.82, 2.24) is 14.7 Å². The lowest BCUT2D eigenvalue weighted by Gasteiger charge is -2.39. The molecule has 0 saturated heterocycles. The van der Waals surface area contributed by atoms with Crippen molar-refractivity contribution < 1.29 is 13.9 Å². The number of rotatable bonds is 5. The topological polar surface area (TPSA) is 36.0 Å². The fraction of sp³-hybridized carbons (Fsp3) is 0.421. The van der Waals surface area contributed by atoms with Gasteiger partial charge < -0.3 is 4.74 Å². The molecule has 1 aromatic rings. The molecule has 136 valence electrons. The molecular formula is C19H26FN3O2. The van der Waals surface area contributed by atoms with E-state index in [1.807, 2.05) is 33.4 Å². The summed E-state index contributed by atoms with van der Waals surface area (Å²) >= 11 is 0. The summed E-state index contributed by atoms with van der Waals surface area (Å²) in [6.07, 6.45) is 5.00. The molecule has 6 heteroatoms. The molecule has 2 atom stereocenters. The largest absolute Gasteiger partial charge is 0.452 e. The number of hydrogen-bond donors (Lipinski definition) is 0. The fourth-order valence-corrected chi connectivity index (χ4v) is 3.11. The summed E-state index contributed by atoms with van der Waals surface area (Å²) in [5.41, 5.74) is 2.00. The van der Waals surface area contributed by atoms with Crippen LogP contribution >= 0.6 is 0 Å². The lowest BCUT2D eigenvalue weighted by Crippen LogP contribution is -2.46. The van der Waals surface area contributed by atoms with Crippen LogP contribution in [0.3, 0.4) is 0 Å². The Morgan fingerprint density at radius 2 is 1.92 bits per heavy atom. The third kappa shape index (κ3) is 4.27. The van der Waals surface area contributed by atoms with Gasteiger partial charge in [-0.15, -0.1) is 0 Å². The molecular weight excluding hydrogens is 321 g/mol. The molecule has 1 aliphatic rings. The van der Waals surface area contributed by atoms with E-state index in [0.717, 1.165) is 17.7 Å². The zero-order chi connectivity index (χ0) is 18.6. The van der Waals surface area contributed by atoms with E-state index in [0.29, 0.717) is 0 Å². The monoisotopic (exact) mass is 347 g/mol. The van der Waals surface area contributed by atoms with Crippen molar-refractivity contribution in [2.75, 3.05) is 34.8 Å². The molecule has 0 N–H and O–H groups in total. The second-order valence-corrected chi connectivity index (χ2v) is 6.29. The maximum atomic E-state index is 13.3. The minimum Gasteiger partial charge on any atom is -0.452 e.